The molecular weight excluding hydrogens is 345 g/mol. The molecule has 2 aromatic carbocycles. The average molecular weight is 359 g/mol. The summed E-state index contributed by atoms with van der Waals surface area (Å²) in [7, 11) is 0. The molecule has 1 aliphatic heterocycles. The molecule has 3 N–H and O–H groups in total. The van der Waals surface area contributed by atoms with Gasteiger partial charge in [-0.15, -0.1) is 0 Å². The van der Waals surface area contributed by atoms with Gasteiger partial charge >= 0.3 is 0 Å². The van der Waals surface area contributed by atoms with Crippen LogP contribution < -0.4 is 5.32 Å². The van der Waals surface area contributed by atoms with Crippen LogP contribution in [0, 0.1) is 0 Å². The van der Waals surface area contributed by atoms with Crippen LogP contribution in [0.2, 0.25) is 15.1 Å². The van der Waals surface area contributed by atoms with Crippen molar-refractivity contribution < 1.29 is 10.2 Å². The van der Waals surface area contributed by atoms with Gasteiger partial charge in [-0.3, -0.25) is 0 Å². The standard InChI is InChI=1S/C16H14Cl3NO2/c17-9-3-1-8(2-4-9)11-7-20-6-5-10-12(11)14(19)16(22)15(21)13(10)18/h1-4,11,20-22H,5-7H2. The first kappa shape index (κ1) is 15.8. The summed E-state index contributed by atoms with van der Waals surface area (Å²) in [6.07, 6.45) is 0.631. The molecule has 0 amide bonds. The van der Waals surface area contributed by atoms with Gasteiger partial charge in [0.15, 0.2) is 11.5 Å². The van der Waals surface area contributed by atoms with E-state index < -0.39 is 0 Å². The maximum Gasteiger partial charge on any atom is 0.178 e. The second kappa shape index (κ2) is 6.17. The van der Waals surface area contributed by atoms with Crippen LogP contribution in [0.15, 0.2) is 24.3 Å². The van der Waals surface area contributed by atoms with E-state index >= 15 is 0 Å². The highest BCUT2D eigenvalue weighted by Gasteiger charge is 2.29. The molecule has 0 spiro atoms. The Bertz CT molecular complexity index is 717. The molecule has 3 rings (SSSR count). The highest BCUT2D eigenvalue weighted by Crippen LogP contribution is 2.48. The molecule has 0 bridgehead atoms. The largest absolute Gasteiger partial charge is 0.503 e. The van der Waals surface area contributed by atoms with Crippen LogP contribution >= 0.6 is 34.8 Å². The van der Waals surface area contributed by atoms with Crippen molar-refractivity contribution in [3.63, 3.8) is 0 Å². The molecule has 6 heteroatoms. The number of fused-ring (bicyclic) bond motifs is 1. The van der Waals surface area contributed by atoms with Gasteiger partial charge in [-0.2, -0.15) is 0 Å². The first-order valence-electron chi connectivity index (χ1n) is 6.88. The lowest BCUT2D eigenvalue weighted by molar-refractivity contribution is 0.403. The van der Waals surface area contributed by atoms with Crippen LogP contribution in [-0.2, 0) is 6.42 Å². The average Bonchev–Trinajstić information content (AvgIpc) is 2.74. The minimum Gasteiger partial charge on any atom is -0.503 e. The van der Waals surface area contributed by atoms with E-state index in [0.717, 1.165) is 23.2 Å². The Morgan fingerprint density at radius 2 is 1.59 bits per heavy atom. The molecular formula is C16H14Cl3NO2. The molecule has 1 unspecified atom stereocenters. The van der Waals surface area contributed by atoms with E-state index in [0.29, 0.717) is 18.0 Å². The molecule has 3 nitrogen and oxygen atoms in total. The highest BCUT2D eigenvalue weighted by molar-refractivity contribution is 6.37. The zero-order valence-electron chi connectivity index (χ0n) is 11.5. The van der Waals surface area contributed by atoms with E-state index in [9.17, 15) is 10.2 Å². The zero-order valence-corrected chi connectivity index (χ0v) is 13.8. The fourth-order valence-electron chi connectivity index (χ4n) is 2.88. The van der Waals surface area contributed by atoms with Gasteiger partial charge < -0.3 is 15.5 Å². The van der Waals surface area contributed by atoms with Crippen LogP contribution in [0.1, 0.15) is 22.6 Å². The summed E-state index contributed by atoms with van der Waals surface area (Å²) in [4.78, 5) is 0. The van der Waals surface area contributed by atoms with Crippen molar-refractivity contribution in [2.45, 2.75) is 12.3 Å². The SMILES string of the molecule is Oc1c(O)c(Cl)c2c(c1Cl)CCNCC2c1ccc(Cl)cc1. The first-order valence-corrected chi connectivity index (χ1v) is 8.02. The molecule has 0 radical (unpaired) electrons. The number of hydrogen-bond donors (Lipinski definition) is 3. The smallest absolute Gasteiger partial charge is 0.178 e. The molecule has 0 saturated carbocycles. The first-order chi connectivity index (χ1) is 10.5. The van der Waals surface area contributed by atoms with Gasteiger partial charge in [0.25, 0.3) is 0 Å². The number of halogens is 3. The predicted molar refractivity (Wildman–Crippen MR) is 89.7 cm³/mol. The number of hydrogen-bond acceptors (Lipinski definition) is 3. The number of nitrogens with one attached hydrogen (secondary N) is 1. The maximum absolute atomic E-state index is 10.0. The number of benzene rings is 2. The lowest BCUT2D eigenvalue weighted by Gasteiger charge is -2.22. The fraction of sp³-hybridized carbons (Fsp3) is 0.250. The molecule has 0 aromatic heterocycles. The van der Waals surface area contributed by atoms with E-state index in [1.165, 1.54) is 0 Å². The van der Waals surface area contributed by atoms with Crippen molar-refractivity contribution in [1.82, 2.24) is 5.32 Å². The van der Waals surface area contributed by atoms with Crippen LogP contribution in [-0.4, -0.2) is 23.3 Å². The molecule has 0 saturated heterocycles. The molecule has 1 atom stereocenters. The highest BCUT2D eigenvalue weighted by atomic mass is 35.5. The molecule has 2 aromatic rings. The van der Waals surface area contributed by atoms with Gasteiger partial charge in [0, 0.05) is 17.5 Å². The summed E-state index contributed by atoms with van der Waals surface area (Å²) < 4.78 is 0. The van der Waals surface area contributed by atoms with Gasteiger partial charge in [0.05, 0.1) is 10.0 Å². The molecule has 1 aliphatic rings. The van der Waals surface area contributed by atoms with Gasteiger partial charge in [0.1, 0.15) is 0 Å². The third kappa shape index (κ3) is 2.63. The third-order valence-electron chi connectivity index (χ3n) is 3.99. The molecule has 0 aliphatic carbocycles. The monoisotopic (exact) mass is 357 g/mol. The minimum atomic E-state index is -0.369. The maximum atomic E-state index is 10.0. The summed E-state index contributed by atoms with van der Waals surface area (Å²) in [6.45, 7) is 1.38. The van der Waals surface area contributed by atoms with Crippen molar-refractivity contribution in [1.29, 1.82) is 0 Å². The Balaban J connectivity index is 2.22. The van der Waals surface area contributed by atoms with Crippen LogP contribution in [0.3, 0.4) is 0 Å². The normalized spacial score (nSPS) is 17.9. The summed E-state index contributed by atoms with van der Waals surface area (Å²) >= 11 is 18.5. The second-order valence-corrected chi connectivity index (χ2v) is 6.47. The van der Waals surface area contributed by atoms with E-state index in [2.05, 4.69) is 5.32 Å². The van der Waals surface area contributed by atoms with Crippen molar-refractivity contribution in [2.75, 3.05) is 13.1 Å². The Labute approximate surface area is 143 Å². The van der Waals surface area contributed by atoms with E-state index in [-0.39, 0.29) is 27.5 Å². The zero-order chi connectivity index (χ0) is 15.9. The van der Waals surface area contributed by atoms with Crippen LogP contribution in [0.25, 0.3) is 0 Å². The quantitative estimate of drug-likeness (QED) is 0.665. The van der Waals surface area contributed by atoms with Crippen molar-refractivity contribution >= 4 is 34.8 Å². The van der Waals surface area contributed by atoms with Gasteiger partial charge in [-0.1, -0.05) is 46.9 Å². The van der Waals surface area contributed by atoms with Crippen molar-refractivity contribution in [3.05, 3.63) is 56.0 Å². The van der Waals surface area contributed by atoms with E-state index in [4.69, 9.17) is 34.8 Å². The number of phenolic OH excluding ortho intramolecular Hbond substituents is 2. The molecule has 0 fully saturated rings. The van der Waals surface area contributed by atoms with Crippen molar-refractivity contribution in [2.24, 2.45) is 0 Å². The Hall–Kier alpha value is -1.13. The second-order valence-electron chi connectivity index (χ2n) is 5.28. The summed E-state index contributed by atoms with van der Waals surface area (Å²) in [5.41, 5.74) is 2.55. The van der Waals surface area contributed by atoms with Gasteiger partial charge in [0.2, 0.25) is 0 Å². The summed E-state index contributed by atoms with van der Waals surface area (Å²) in [5.74, 6) is -0.806. The van der Waals surface area contributed by atoms with Crippen LogP contribution in [0.4, 0.5) is 0 Å². The van der Waals surface area contributed by atoms with Crippen LogP contribution in [0.5, 0.6) is 11.5 Å². The Kier molecular flexibility index (Phi) is 4.42. The number of aromatic hydroxyl groups is 2. The molecule has 1 heterocycles. The summed E-state index contributed by atoms with van der Waals surface area (Å²) in [6, 6.07) is 7.49. The fourth-order valence-corrected chi connectivity index (χ4v) is 3.63. The van der Waals surface area contributed by atoms with Gasteiger partial charge in [-0.25, -0.2) is 0 Å². The minimum absolute atomic E-state index is 0.0775. The number of phenols is 2. The van der Waals surface area contributed by atoms with E-state index in [1.807, 2.05) is 24.3 Å². The van der Waals surface area contributed by atoms with Gasteiger partial charge in [-0.05, 0) is 41.8 Å². The lowest BCUT2D eigenvalue weighted by atomic mass is 9.87. The number of rotatable bonds is 1. The summed E-state index contributed by atoms with van der Waals surface area (Å²) in [5, 5.41) is 24.3. The lowest BCUT2D eigenvalue weighted by Crippen LogP contribution is -2.21. The third-order valence-corrected chi connectivity index (χ3v) is 5.03. The predicted octanol–water partition coefficient (Wildman–Crippen LogP) is 4.34. The van der Waals surface area contributed by atoms with E-state index in [1.54, 1.807) is 0 Å². The molecule has 22 heavy (non-hydrogen) atoms. The molecule has 116 valence electrons. The Morgan fingerprint density at radius 3 is 2.27 bits per heavy atom. The Morgan fingerprint density at radius 1 is 0.955 bits per heavy atom. The van der Waals surface area contributed by atoms with Crippen molar-refractivity contribution in [3.8, 4) is 11.5 Å². The topological polar surface area (TPSA) is 52.5 Å².